The topological polar surface area (TPSA) is 89.1 Å². The van der Waals surface area contributed by atoms with E-state index in [9.17, 15) is 9.59 Å². The molecule has 0 aliphatic carbocycles. The first-order chi connectivity index (χ1) is 10.6. The van der Waals surface area contributed by atoms with Crippen molar-refractivity contribution >= 4 is 12.0 Å². The van der Waals surface area contributed by atoms with Crippen molar-refractivity contribution in [3.63, 3.8) is 0 Å². The minimum atomic E-state index is -0.492. The van der Waals surface area contributed by atoms with Gasteiger partial charge in [0.05, 0.1) is 7.11 Å². The Kier molecular flexibility index (Phi) is 7.96. The second-order valence-corrected chi connectivity index (χ2v) is 5.07. The van der Waals surface area contributed by atoms with Crippen LogP contribution in [0.25, 0.3) is 0 Å². The summed E-state index contributed by atoms with van der Waals surface area (Å²) in [6.07, 6.45) is 7.62. The van der Waals surface area contributed by atoms with Gasteiger partial charge in [-0.1, -0.05) is 44.2 Å². The molecule has 0 atom stereocenters. The number of carbonyl (C=O) groups is 1. The first kappa shape index (κ1) is 17.9. The molecular formula is C16H23NO5. The Morgan fingerprint density at radius 3 is 2.64 bits per heavy atom. The van der Waals surface area contributed by atoms with Crippen molar-refractivity contribution in [1.82, 2.24) is 0 Å². The van der Waals surface area contributed by atoms with Crippen LogP contribution >= 0.6 is 0 Å². The molecular weight excluding hydrogens is 286 g/mol. The van der Waals surface area contributed by atoms with E-state index >= 15 is 0 Å². The highest BCUT2D eigenvalue weighted by atomic mass is 16.6. The standard InChI is InChI=1S/C16H23NO5/c1-3-4-5-6-7-8-9-13(18)15-14(19)10-12(11-17-20)22-16(15)21-2/h10-11,20H,3-9H2,1-2H3/b17-11-. The minimum Gasteiger partial charge on any atom is -0.468 e. The number of methoxy groups -OCH3 is 1. The first-order valence-electron chi connectivity index (χ1n) is 7.56. The van der Waals surface area contributed by atoms with Gasteiger partial charge in [-0.25, -0.2) is 0 Å². The summed E-state index contributed by atoms with van der Waals surface area (Å²) in [6, 6.07) is 1.11. The second kappa shape index (κ2) is 9.76. The SMILES string of the molecule is CCCCCCCCC(=O)c1c(OC)oc(/C=N\O)cc1=O. The molecule has 22 heavy (non-hydrogen) atoms. The zero-order chi connectivity index (χ0) is 16.4. The van der Waals surface area contributed by atoms with E-state index in [4.69, 9.17) is 14.4 Å². The van der Waals surface area contributed by atoms with Gasteiger partial charge < -0.3 is 14.4 Å². The highest BCUT2D eigenvalue weighted by molar-refractivity contribution is 5.98. The normalized spacial score (nSPS) is 11.0. The molecule has 122 valence electrons. The highest BCUT2D eigenvalue weighted by Crippen LogP contribution is 2.19. The van der Waals surface area contributed by atoms with Gasteiger partial charge in [-0.2, -0.15) is 0 Å². The molecule has 0 aliphatic heterocycles. The number of oxime groups is 1. The Morgan fingerprint density at radius 2 is 2.00 bits per heavy atom. The minimum absolute atomic E-state index is 0.0282. The zero-order valence-corrected chi connectivity index (χ0v) is 13.1. The van der Waals surface area contributed by atoms with Crippen molar-refractivity contribution in [3.8, 4) is 5.95 Å². The number of unbranched alkanes of at least 4 members (excludes halogenated alkanes) is 5. The Hall–Kier alpha value is -2.11. The lowest BCUT2D eigenvalue weighted by atomic mass is 10.0. The van der Waals surface area contributed by atoms with Gasteiger partial charge in [0.25, 0.3) is 5.95 Å². The van der Waals surface area contributed by atoms with Gasteiger partial charge in [0, 0.05) is 12.5 Å². The van der Waals surface area contributed by atoms with Crippen molar-refractivity contribution in [2.24, 2.45) is 5.16 Å². The number of ketones is 1. The Labute approximate surface area is 129 Å². The van der Waals surface area contributed by atoms with Crippen LogP contribution in [0, 0.1) is 0 Å². The van der Waals surface area contributed by atoms with Crippen LogP contribution < -0.4 is 10.2 Å². The fraction of sp³-hybridized carbons (Fsp3) is 0.562. The maximum Gasteiger partial charge on any atom is 0.299 e. The van der Waals surface area contributed by atoms with Crippen LogP contribution in [0.15, 0.2) is 20.4 Å². The van der Waals surface area contributed by atoms with E-state index in [0.717, 1.165) is 31.5 Å². The number of Topliss-reactive ketones (excluding diaryl/α,β-unsaturated/α-hetero) is 1. The molecule has 0 spiro atoms. The van der Waals surface area contributed by atoms with E-state index in [1.807, 2.05) is 0 Å². The molecule has 1 N–H and O–H groups in total. The number of carbonyl (C=O) groups excluding carboxylic acids is 1. The summed E-state index contributed by atoms with van der Waals surface area (Å²) < 4.78 is 10.2. The third-order valence-corrected chi connectivity index (χ3v) is 3.34. The van der Waals surface area contributed by atoms with Crippen LogP contribution in [0.4, 0.5) is 0 Å². The number of nitrogens with zero attached hydrogens (tertiary/aromatic N) is 1. The third kappa shape index (κ3) is 5.35. The van der Waals surface area contributed by atoms with Crippen molar-refractivity contribution in [2.45, 2.75) is 51.9 Å². The molecule has 1 rings (SSSR count). The fourth-order valence-corrected chi connectivity index (χ4v) is 2.20. The van der Waals surface area contributed by atoms with E-state index < -0.39 is 5.43 Å². The highest BCUT2D eigenvalue weighted by Gasteiger charge is 2.19. The van der Waals surface area contributed by atoms with Crippen LogP contribution in [0.1, 0.15) is 68.0 Å². The van der Waals surface area contributed by atoms with E-state index in [0.29, 0.717) is 6.42 Å². The van der Waals surface area contributed by atoms with Gasteiger partial charge in [-0.05, 0) is 6.42 Å². The zero-order valence-electron chi connectivity index (χ0n) is 13.1. The van der Waals surface area contributed by atoms with Gasteiger partial charge in [0.2, 0.25) is 0 Å². The van der Waals surface area contributed by atoms with Gasteiger partial charge in [0.15, 0.2) is 17.0 Å². The molecule has 6 nitrogen and oxygen atoms in total. The molecule has 1 heterocycles. The van der Waals surface area contributed by atoms with Crippen LogP contribution in [-0.4, -0.2) is 24.3 Å². The summed E-state index contributed by atoms with van der Waals surface area (Å²) in [4.78, 5) is 24.2. The predicted molar refractivity (Wildman–Crippen MR) is 83.2 cm³/mol. The van der Waals surface area contributed by atoms with E-state index in [2.05, 4.69) is 12.1 Å². The molecule has 0 radical (unpaired) electrons. The van der Waals surface area contributed by atoms with E-state index in [1.165, 1.54) is 26.4 Å². The van der Waals surface area contributed by atoms with Crippen molar-refractivity contribution in [3.05, 3.63) is 27.6 Å². The molecule has 0 saturated carbocycles. The van der Waals surface area contributed by atoms with Gasteiger partial charge in [0.1, 0.15) is 11.8 Å². The monoisotopic (exact) mass is 309 g/mol. The van der Waals surface area contributed by atoms with Crippen LogP contribution in [0.5, 0.6) is 5.95 Å². The summed E-state index contributed by atoms with van der Waals surface area (Å²) >= 11 is 0. The van der Waals surface area contributed by atoms with E-state index in [1.54, 1.807) is 0 Å². The maximum atomic E-state index is 12.2. The van der Waals surface area contributed by atoms with Crippen molar-refractivity contribution in [1.29, 1.82) is 0 Å². The fourth-order valence-electron chi connectivity index (χ4n) is 2.20. The average molecular weight is 309 g/mol. The Bertz CT molecular complexity index is 562. The van der Waals surface area contributed by atoms with Crippen LogP contribution in [-0.2, 0) is 0 Å². The molecule has 0 bridgehead atoms. The molecule has 0 aromatic carbocycles. The average Bonchev–Trinajstić information content (AvgIpc) is 2.50. The summed E-state index contributed by atoms with van der Waals surface area (Å²) in [5.74, 6) is -0.396. The number of ether oxygens (including phenoxy) is 1. The van der Waals surface area contributed by atoms with Gasteiger partial charge >= 0.3 is 0 Å². The quantitative estimate of drug-likeness (QED) is 0.235. The van der Waals surface area contributed by atoms with Crippen molar-refractivity contribution in [2.75, 3.05) is 7.11 Å². The molecule has 0 aliphatic rings. The smallest absolute Gasteiger partial charge is 0.299 e. The number of hydrogen-bond donors (Lipinski definition) is 1. The molecule has 1 aromatic heterocycles. The largest absolute Gasteiger partial charge is 0.468 e. The molecule has 0 amide bonds. The van der Waals surface area contributed by atoms with Gasteiger partial charge in [-0.15, -0.1) is 0 Å². The predicted octanol–water partition coefficient (Wildman–Crippen LogP) is 3.39. The summed E-state index contributed by atoms with van der Waals surface area (Å²) in [5, 5.41) is 11.2. The molecule has 6 heteroatoms. The summed E-state index contributed by atoms with van der Waals surface area (Å²) in [6.45, 7) is 2.15. The van der Waals surface area contributed by atoms with E-state index in [-0.39, 0.29) is 23.1 Å². The lowest BCUT2D eigenvalue weighted by molar-refractivity contribution is 0.0969. The Morgan fingerprint density at radius 1 is 1.32 bits per heavy atom. The van der Waals surface area contributed by atoms with Gasteiger partial charge in [-0.3, -0.25) is 9.59 Å². The number of rotatable bonds is 10. The lowest BCUT2D eigenvalue weighted by Gasteiger charge is -2.06. The lowest BCUT2D eigenvalue weighted by Crippen LogP contribution is -2.16. The maximum absolute atomic E-state index is 12.2. The number of hydrogen-bond acceptors (Lipinski definition) is 6. The molecule has 1 aromatic rings. The summed E-state index contributed by atoms with van der Waals surface area (Å²) in [5.41, 5.74) is -0.569. The molecule has 0 saturated heterocycles. The van der Waals surface area contributed by atoms with Crippen LogP contribution in [0.2, 0.25) is 0 Å². The first-order valence-corrected chi connectivity index (χ1v) is 7.56. The molecule has 0 fully saturated rings. The Balaban J connectivity index is 2.70. The van der Waals surface area contributed by atoms with Crippen LogP contribution in [0.3, 0.4) is 0 Å². The van der Waals surface area contributed by atoms with Crippen molar-refractivity contribution < 1.29 is 19.2 Å². The third-order valence-electron chi connectivity index (χ3n) is 3.34. The second-order valence-electron chi connectivity index (χ2n) is 5.07. The summed E-state index contributed by atoms with van der Waals surface area (Å²) in [7, 11) is 1.32. The molecule has 0 unspecified atom stereocenters.